The van der Waals surface area contributed by atoms with Crippen molar-refractivity contribution in [1.29, 1.82) is 0 Å². The van der Waals surface area contributed by atoms with Gasteiger partial charge in [-0.2, -0.15) is 5.10 Å². The Kier molecular flexibility index (Phi) is 4.35. The van der Waals surface area contributed by atoms with Crippen LogP contribution in [0.1, 0.15) is 16.1 Å². The van der Waals surface area contributed by atoms with Crippen molar-refractivity contribution < 1.29 is 4.79 Å². The Morgan fingerprint density at radius 2 is 2.17 bits per heavy atom. The molecule has 1 N–H and O–H groups in total. The van der Waals surface area contributed by atoms with Crippen LogP contribution in [0.4, 0.5) is 0 Å². The van der Waals surface area contributed by atoms with Crippen LogP contribution in [-0.4, -0.2) is 22.2 Å². The first-order valence-corrected chi connectivity index (χ1v) is 6.76. The summed E-state index contributed by atoms with van der Waals surface area (Å²) in [7, 11) is 1.88. The van der Waals surface area contributed by atoms with Crippen LogP contribution in [0.3, 0.4) is 0 Å². The molecular formula is C13H14IN3O. The maximum Gasteiger partial charge on any atom is 0.252 e. The summed E-state index contributed by atoms with van der Waals surface area (Å²) in [6, 6.07) is 9.51. The van der Waals surface area contributed by atoms with Gasteiger partial charge in [-0.25, -0.2) is 0 Å². The fourth-order valence-electron chi connectivity index (χ4n) is 1.64. The first-order chi connectivity index (χ1) is 8.66. The zero-order valence-corrected chi connectivity index (χ0v) is 12.2. The van der Waals surface area contributed by atoms with Crippen LogP contribution < -0.4 is 5.32 Å². The zero-order valence-electron chi connectivity index (χ0n) is 10.1. The predicted molar refractivity (Wildman–Crippen MR) is 78.4 cm³/mol. The van der Waals surface area contributed by atoms with Crippen LogP contribution in [0.2, 0.25) is 0 Å². The number of hydrogen-bond acceptors (Lipinski definition) is 2. The average molecular weight is 355 g/mol. The van der Waals surface area contributed by atoms with Crippen molar-refractivity contribution in [1.82, 2.24) is 15.1 Å². The number of benzene rings is 1. The maximum atomic E-state index is 11.9. The van der Waals surface area contributed by atoms with Gasteiger partial charge in [0.15, 0.2) is 0 Å². The first kappa shape index (κ1) is 13.1. The summed E-state index contributed by atoms with van der Waals surface area (Å²) in [6.07, 6.45) is 2.65. The minimum atomic E-state index is -0.0315. The molecule has 0 spiro atoms. The Hall–Kier alpha value is -1.37. The summed E-state index contributed by atoms with van der Waals surface area (Å²) in [6.45, 7) is 0.598. The second-order valence-electron chi connectivity index (χ2n) is 3.97. The molecule has 1 amide bonds. The first-order valence-electron chi connectivity index (χ1n) is 5.68. The molecule has 0 fully saturated rings. The minimum Gasteiger partial charge on any atom is -0.352 e. The monoisotopic (exact) mass is 355 g/mol. The molecule has 0 saturated carbocycles. The molecule has 0 saturated heterocycles. The molecule has 0 aliphatic rings. The van der Waals surface area contributed by atoms with Crippen molar-refractivity contribution in [2.24, 2.45) is 7.05 Å². The van der Waals surface area contributed by atoms with Crippen molar-refractivity contribution in [2.75, 3.05) is 6.54 Å². The SMILES string of the molecule is Cn1ccc(CCNC(=O)c2ccccc2I)n1. The zero-order chi connectivity index (χ0) is 13.0. The lowest BCUT2D eigenvalue weighted by molar-refractivity contribution is 0.0953. The molecule has 0 aliphatic carbocycles. The molecule has 0 unspecified atom stereocenters. The van der Waals surface area contributed by atoms with Crippen LogP contribution in [0.15, 0.2) is 36.5 Å². The van der Waals surface area contributed by atoms with Crippen LogP contribution >= 0.6 is 22.6 Å². The van der Waals surface area contributed by atoms with Gasteiger partial charge in [-0.05, 0) is 40.8 Å². The highest BCUT2D eigenvalue weighted by molar-refractivity contribution is 14.1. The lowest BCUT2D eigenvalue weighted by Crippen LogP contribution is -2.26. The van der Waals surface area contributed by atoms with Crippen molar-refractivity contribution >= 4 is 28.5 Å². The molecule has 94 valence electrons. The number of amides is 1. The van der Waals surface area contributed by atoms with E-state index in [0.29, 0.717) is 6.54 Å². The fraction of sp³-hybridized carbons (Fsp3) is 0.231. The van der Waals surface area contributed by atoms with E-state index in [2.05, 4.69) is 33.0 Å². The Morgan fingerprint density at radius 1 is 1.39 bits per heavy atom. The molecule has 1 aromatic carbocycles. The number of rotatable bonds is 4. The molecule has 18 heavy (non-hydrogen) atoms. The minimum absolute atomic E-state index is 0.0315. The largest absolute Gasteiger partial charge is 0.352 e. The van der Waals surface area contributed by atoms with Crippen LogP contribution in [0.25, 0.3) is 0 Å². The number of aryl methyl sites for hydroxylation is 1. The van der Waals surface area contributed by atoms with Crippen LogP contribution in [0, 0.1) is 3.57 Å². The number of aromatic nitrogens is 2. The summed E-state index contributed by atoms with van der Waals surface area (Å²) >= 11 is 2.17. The molecule has 0 aliphatic heterocycles. The number of halogens is 1. The van der Waals surface area contributed by atoms with Crippen molar-refractivity contribution in [3.05, 3.63) is 51.4 Å². The lowest BCUT2D eigenvalue weighted by atomic mass is 10.2. The van der Waals surface area contributed by atoms with E-state index in [4.69, 9.17) is 0 Å². The summed E-state index contributed by atoms with van der Waals surface area (Å²) in [4.78, 5) is 11.9. The van der Waals surface area contributed by atoms with E-state index < -0.39 is 0 Å². The second kappa shape index (κ2) is 5.99. The van der Waals surface area contributed by atoms with E-state index in [0.717, 1.165) is 21.2 Å². The average Bonchev–Trinajstić information content (AvgIpc) is 2.75. The van der Waals surface area contributed by atoms with Crippen molar-refractivity contribution in [3.8, 4) is 0 Å². The second-order valence-corrected chi connectivity index (χ2v) is 5.13. The maximum absolute atomic E-state index is 11.9. The number of carbonyl (C=O) groups excluding carboxylic acids is 1. The molecular weight excluding hydrogens is 341 g/mol. The van der Waals surface area contributed by atoms with Gasteiger partial charge in [0.05, 0.1) is 11.3 Å². The highest BCUT2D eigenvalue weighted by Gasteiger charge is 2.08. The standard InChI is InChI=1S/C13H14IN3O/c1-17-9-7-10(16-17)6-8-15-13(18)11-4-2-3-5-12(11)14/h2-5,7,9H,6,8H2,1H3,(H,15,18). The molecule has 4 nitrogen and oxygen atoms in total. The third-order valence-electron chi connectivity index (χ3n) is 2.55. The van der Waals surface area contributed by atoms with Gasteiger partial charge in [-0.1, -0.05) is 12.1 Å². The van der Waals surface area contributed by atoms with Crippen LogP contribution in [-0.2, 0) is 13.5 Å². The number of hydrogen-bond donors (Lipinski definition) is 1. The normalized spacial score (nSPS) is 10.3. The summed E-state index contributed by atoms with van der Waals surface area (Å²) < 4.78 is 2.72. The van der Waals surface area contributed by atoms with Gasteiger partial charge >= 0.3 is 0 Å². The molecule has 0 atom stereocenters. The van der Waals surface area contributed by atoms with Crippen molar-refractivity contribution in [2.45, 2.75) is 6.42 Å². The number of carbonyl (C=O) groups is 1. The molecule has 5 heteroatoms. The molecule has 0 bridgehead atoms. The molecule has 1 heterocycles. The van der Waals surface area contributed by atoms with E-state index >= 15 is 0 Å². The van der Waals surface area contributed by atoms with Gasteiger partial charge in [-0.3, -0.25) is 9.48 Å². The van der Waals surface area contributed by atoms with Gasteiger partial charge in [-0.15, -0.1) is 0 Å². The highest BCUT2D eigenvalue weighted by atomic mass is 127. The number of nitrogens with one attached hydrogen (secondary N) is 1. The van der Waals surface area contributed by atoms with Gasteiger partial charge in [0.2, 0.25) is 0 Å². The van der Waals surface area contributed by atoms with E-state index in [1.54, 1.807) is 4.68 Å². The Balaban J connectivity index is 1.87. The van der Waals surface area contributed by atoms with Crippen LogP contribution in [0.5, 0.6) is 0 Å². The topological polar surface area (TPSA) is 46.9 Å². The van der Waals surface area contributed by atoms with E-state index in [1.807, 2.05) is 43.6 Å². The predicted octanol–water partition coefficient (Wildman–Crippen LogP) is 2.00. The lowest BCUT2D eigenvalue weighted by Gasteiger charge is -2.05. The Morgan fingerprint density at radius 3 is 2.83 bits per heavy atom. The number of nitrogens with zero attached hydrogens (tertiary/aromatic N) is 2. The smallest absolute Gasteiger partial charge is 0.252 e. The molecule has 2 rings (SSSR count). The summed E-state index contributed by atoms with van der Waals surface area (Å²) in [5, 5.41) is 7.17. The Labute approximate surface area is 120 Å². The molecule has 2 aromatic rings. The van der Waals surface area contributed by atoms with Gasteiger partial charge in [0.1, 0.15) is 0 Å². The van der Waals surface area contributed by atoms with E-state index in [9.17, 15) is 4.79 Å². The molecule has 0 radical (unpaired) electrons. The van der Waals surface area contributed by atoms with E-state index in [-0.39, 0.29) is 5.91 Å². The highest BCUT2D eigenvalue weighted by Crippen LogP contribution is 2.10. The van der Waals surface area contributed by atoms with Crippen molar-refractivity contribution in [3.63, 3.8) is 0 Å². The quantitative estimate of drug-likeness (QED) is 0.853. The molecule has 1 aromatic heterocycles. The van der Waals surface area contributed by atoms with Gasteiger partial charge in [0.25, 0.3) is 5.91 Å². The van der Waals surface area contributed by atoms with Gasteiger partial charge in [0, 0.05) is 29.8 Å². The summed E-state index contributed by atoms with van der Waals surface area (Å²) in [5.41, 5.74) is 1.71. The third kappa shape index (κ3) is 3.32. The Bertz CT molecular complexity index is 551. The van der Waals surface area contributed by atoms with Gasteiger partial charge < -0.3 is 5.32 Å². The third-order valence-corrected chi connectivity index (χ3v) is 3.49. The van der Waals surface area contributed by atoms with E-state index in [1.165, 1.54) is 0 Å². The summed E-state index contributed by atoms with van der Waals surface area (Å²) in [5.74, 6) is -0.0315. The fourth-order valence-corrected chi connectivity index (χ4v) is 2.27.